The molecule has 17 heavy (non-hydrogen) atoms. The first-order valence-corrected chi connectivity index (χ1v) is 7.00. The molecule has 0 unspecified atom stereocenters. The number of aromatic nitrogens is 3. The molecule has 0 saturated heterocycles. The van der Waals surface area contributed by atoms with E-state index in [1.807, 2.05) is 0 Å². The SMILES string of the molecule is O=C1CCCC[C@H]1Sc1n[nH]c(=O)n1C1CC1. The molecule has 5 nitrogen and oxygen atoms in total. The first-order valence-electron chi connectivity index (χ1n) is 6.12. The highest BCUT2D eigenvalue weighted by Gasteiger charge is 2.31. The van der Waals surface area contributed by atoms with Gasteiger partial charge in [0.25, 0.3) is 0 Å². The molecule has 2 fully saturated rings. The van der Waals surface area contributed by atoms with Crippen LogP contribution >= 0.6 is 11.8 Å². The Morgan fingerprint density at radius 2 is 2.06 bits per heavy atom. The average Bonchev–Trinajstić information content (AvgIpc) is 3.08. The zero-order valence-electron chi connectivity index (χ0n) is 9.52. The lowest BCUT2D eigenvalue weighted by molar-refractivity contribution is -0.119. The van der Waals surface area contributed by atoms with Gasteiger partial charge < -0.3 is 0 Å². The molecule has 3 rings (SSSR count). The minimum absolute atomic E-state index is 0.00329. The van der Waals surface area contributed by atoms with E-state index in [0.29, 0.717) is 23.4 Å². The summed E-state index contributed by atoms with van der Waals surface area (Å²) in [5, 5.41) is 7.22. The molecule has 0 radical (unpaired) electrons. The Kier molecular flexibility index (Phi) is 2.82. The Morgan fingerprint density at radius 3 is 2.76 bits per heavy atom. The van der Waals surface area contributed by atoms with Crippen LogP contribution in [0.15, 0.2) is 9.95 Å². The summed E-state index contributed by atoms with van der Waals surface area (Å²) in [6, 6.07) is 0.308. The van der Waals surface area contributed by atoms with Crippen molar-refractivity contribution >= 4 is 17.5 Å². The van der Waals surface area contributed by atoms with Crippen LogP contribution in [0.2, 0.25) is 0 Å². The molecule has 2 aliphatic rings. The van der Waals surface area contributed by atoms with Gasteiger partial charge in [-0.05, 0) is 25.7 Å². The van der Waals surface area contributed by atoms with Gasteiger partial charge >= 0.3 is 5.69 Å². The molecule has 1 N–H and O–H groups in total. The monoisotopic (exact) mass is 253 g/mol. The number of hydrogen-bond donors (Lipinski definition) is 1. The van der Waals surface area contributed by atoms with E-state index < -0.39 is 0 Å². The second-order valence-electron chi connectivity index (χ2n) is 4.73. The lowest BCUT2D eigenvalue weighted by Crippen LogP contribution is -2.23. The topological polar surface area (TPSA) is 67.8 Å². The Hall–Kier alpha value is -1.04. The van der Waals surface area contributed by atoms with Crippen LogP contribution in [0.3, 0.4) is 0 Å². The Morgan fingerprint density at radius 1 is 1.24 bits per heavy atom. The fourth-order valence-corrected chi connectivity index (χ4v) is 3.46. The van der Waals surface area contributed by atoms with Gasteiger partial charge in [-0.3, -0.25) is 9.36 Å². The largest absolute Gasteiger partial charge is 0.344 e. The molecular formula is C11H15N3O2S. The number of hydrogen-bond acceptors (Lipinski definition) is 4. The van der Waals surface area contributed by atoms with Gasteiger partial charge in [0, 0.05) is 12.5 Å². The summed E-state index contributed by atoms with van der Waals surface area (Å²) in [6.07, 6.45) is 5.79. The Bertz CT molecular complexity index is 489. The van der Waals surface area contributed by atoms with Crippen LogP contribution in [-0.2, 0) is 4.79 Å². The minimum atomic E-state index is -0.141. The van der Waals surface area contributed by atoms with Crippen molar-refractivity contribution in [2.45, 2.75) is 55.0 Å². The summed E-state index contributed by atoms with van der Waals surface area (Å²) in [6.45, 7) is 0. The van der Waals surface area contributed by atoms with Crippen molar-refractivity contribution in [3.8, 4) is 0 Å². The first-order chi connectivity index (χ1) is 8.25. The summed E-state index contributed by atoms with van der Waals surface area (Å²) < 4.78 is 1.71. The maximum absolute atomic E-state index is 11.8. The molecule has 0 spiro atoms. The molecule has 0 bridgehead atoms. The lowest BCUT2D eigenvalue weighted by Gasteiger charge is -2.19. The zero-order valence-corrected chi connectivity index (χ0v) is 10.3. The van der Waals surface area contributed by atoms with E-state index in [-0.39, 0.29) is 10.9 Å². The minimum Gasteiger partial charge on any atom is -0.298 e. The highest BCUT2D eigenvalue weighted by atomic mass is 32.2. The van der Waals surface area contributed by atoms with Crippen molar-refractivity contribution in [3.05, 3.63) is 10.5 Å². The Balaban J connectivity index is 1.80. The van der Waals surface area contributed by atoms with Gasteiger partial charge in [0.1, 0.15) is 5.78 Å². The molecule has 1 heterocycles. The van der Waals surface area contributed by atoms with Crippen LogP contribution in [0.5, 0.6) is 0 Å². The summed E-state index contributed by atoms with van der Waals surface area (Å²) >= 11 is 1.46. The van der Waals surface area contributed by atoms with Crippen molar-refractivity contribution in [3.63, 3.8) is 0 Å². The molecule has 0 amide bonds. The van der Waals surface area contributed by atoms with Gasteiger partial charge in [0.15, 0.2) is 5.16 Å². The van der Waals surface area contributed by atoms with Crippen LogP contribution in [0, 0.1) is 0 Å². The quantitative estimate of drug-likeness (QED) is 0.886. The van der Waals surface area contributed by atoms with Gasteiger partial charge in [-0.25, -0.2) is 9.89 Å². The third-order valence-corrected chi connectivity index (χ3v) is 4.61. The van der Waals surface area contributed by atoms with Crippen molar-refractivity contribution in [1.82, 2.24) is 14.8 Å². The molecular weight excluding hydrogens is 238 g/mol. The van der Waals surface area contributed by atoms with Crippen molar-refractivity contribution in [2.75, 3.05) is 0 Å². The van der Waals surface area contributed by atoms with Crippen LogP contribution in [0.25, 0.3) is 0 Å². The van der Waals surface area contributed by atoms with Gasteiger partial charge in [0.05, 0.1) is 5.25 Å². The van der Waals surface area contributed by atoms with E-state index in [4.69, 9.17) is 0 Å². The summed E-state index contributed by atoms with van der Waals surface area (Å²) in [5.74, 6) is 0.305. The Labute approximate surface area is 103 Å². The molecule has 2 saturated carbocycles. The number of nitrogens with zero attached hydrogens (tertiary/aromatic N) is 2. The highest BCUT2D eigenvalue weighted by Crippen LogP contribution is 2.38. The van der Waals surface area contributed by atoms with Gasteiger partial charge in [-0.1, -0.05) is 18.2 Å². The lowest BCUT2D eigenvalue weighted by atomic mass is 9.99. The van der Waals surface area contributed by atoms with Gasteiger partial charge in [-0.15, -0.1) is 5.10 Å². The second-order valence-corrected chi connectivity index (χ2v) is 5.90. The van der Waals surface area contributed by atoms with Crippen LogP contribution < -0.4 is 5.69 Å². The third kappa shape index (κ3) is 2.18. The predicted octanol–water partition coefficient (Wildman–Crippen LogP) is 1.51. The van der Waals surface area contributed by atoms with Gasteiger partial charge in [-0.2, -0.15) is 0 Å². The first kappa shape index (κ1) is 11.1. The van der Waals surface area contributed by atoms with Crippen molar-refractivity contribution in [1.29, 1.82) is 0 Å². The number of H-pyrrole nitrogens is 1. The standard InChI is InChI=1S/C11H15N3O2S/c15-8-3-1-2-4-9(8)17-11-13-12-10(16)14(11)7-5-6-7/h7,9H,1-6H2,(H,12,16)/t9-/m1/s1. The molecule has 0 aromatic carbocycles. The fraction of sp³-hybridized carbons (Fsp3) is 0.727. The normalized spacial score (nSPS) is 25.2. The van der Waals surface area contributed by atoms with Gasteiger partial charge in [0.2, 0.25) is 0 Å². The smallest absolute Gasteiger partial charge is 0.298 e. The summed E-state index contributed by atoms with van der Waals surface area (Å²) in [5.41, 5.74) is -0.141. The molecule has 0 aliphatic heterocycles. The fourth-order valence-electron chi connectivity index (χ4n) is 2.23. The van der Waals surface area contributed by atoms with E-state index in [2.05, 4.69) is 10.2 Å². The number of aromatic amines is 1. The number of thioether (sulfide) groups is 1. The molecule has 1 aromatic rings. The molecule has 1 atom stereocenters. The highest BCUT2D eigenvalue weighted by molar-refractivity contribution is 8.00. The number of carbonyl (C=O) groups excluding carboxylic acids is 1. The number of ketones is 1. The van der Waals surface area contributed by atoms with Crippen molar-refractivity contribution < 1.29 is 4.79 Å². The maximum Gasteiger partial charge on any atom is 0.344 e. The maximum atomic E-state index is 11.8. The number of carbonyl (C=O) groups is 1. The number of nitrogens with one attached hydrogen (secondary N) is 1. The predicted molar refractivity (Wildman–Crippen MR) is 64.2 cm³/mol. The van der Waals surface area contributed by atoms with E-state index in [0.717, 1.165) is 32.1 Å². The third-order valence-electron chi connectivity index (χ3n) is 3.33. The van der Waals surface area contributed by atoms with E-state index >= 15 is 0 Å². The number of rotatable bonds is 3. The van der Waals surface area contributed by atoms with Crippen molar-refractivity contribution in [2.24, 2.45) is 0 Å². The van der Waals surface area contributed by atoms with E-state index in [9.17, 15) is 9.59 Å². The van der Waals surface area contributed by atoms with Crippen LogP contribution in [0.1, 0.15) is 44.6 Å². The molecule has 2 aliphatic carbocycles. The summed E-state index contributed by atoms with van der Waals surface area (Å²) in [7, 11) is 0. The average molecular weight is 253 g/mol. The number of Topliss-reactive ketones (excluding diaryl/α,β-unsaturated/α-hetero) is 1. The summed E-state index contributed by atoms with van der Waals surface area (Å²) in [4.78, 5) is 23.3. The molecule has 1 aromatic heterocycles. The van der Waals surface area contributed by atoms with E-state index in [1.165, 1.54) is 11.8 Å². The molecule has 92 valence electrons. The van der Waals surface area contributed by atoms with Crippen LogP contribution in [0.4, 0.5) is 0 Å². The van der Waals surface area contributed by atoms with Crippen LogP contribution in [-0.4, -0.2) is 25.8 Å². The second kappa shape index (κ2) is 4.33. The van der Waals surface area contributed by atoms with E-state index in [1.54, 1.807) is 4.57 Å². The molecule has 6 heteroatoms. The zero-order chi connectivity index (χ0) is 11.8.